The van der Waals surface area contributed by atoms with Crippen LogP contribution in [-0.2, 0) is 4.74 Å². The van der Waals surface area contributed by atoms with Crippen molar-refractivity contribution in [3.63, 3.8) is 0 Å². The fraction of sp³-hybridized carbons (Fsp3) is 0.500. The highest BCUT2D eigenvalue weighted by molar-refractivity contribution is 6.34. The van der Waals surface area contributed by atoms with Gasteiger partial charge >= 0.3 is 6.09 Å². The quantitative estimate of drug-likeness (QED) is 0.667. The number of ether oxygens (including phenoxy) is 1. The molecule has 170 valence electrons. The molecule has 32 heavy (non-hydrogen) atoms. The second-order valence-electron chi connectivity index (χ2n) is 9.54. The summed E-state index contributed by atoms with van der Waals surface area (Å²) in [5, 5.41) is 10.4. The lowest BCUT2D eigenvalue weighted by molar-refractivity contribution is 0.00147. The molecule has 0 unspecified atom stereocenters. The van der Waals surface area contributed by atoms with Gasteiger partial charge in [-0.25, -0.2) is 14.8 Å². The van der Waals surface area contributed by atoms with E-state index < -0.39 is 11.7 Å². The van der Waals surface area contributed by atoms with Crippen molar-refractivity contribution in [3.05, 3.63) is 40.2 Å². The van der Waals surface area contributed by atoms with Gasteiger partial charge in [0.2, 0.25) is 5.95 Å². The summed E-state index contributed by atoms with van der Waals surface area (Å²) in [7, 11) is 0. The van der Waals surface area contributed by atoms with Crippen LogP contribution < -0.4 is 10.6 Å². The molecule has 1 saturated heterocycles. The lowest BCUT2D eigenvalue weighted by atomic mass is 9.73. The summed E-state index contributed by atoms with van der Waals surface area (Å²) in [4.78, 5) is 22.6. The van der Waals surface area contributed by atoms with E-state index in [0.717, 1.165) is 42.8 Å². The molecule has 0 saturated carbocycles. The zero-order valence-electron chi connectivity index (χ0n) is 19.3. The van der Waals surface area contributed by atoms with Crippen molar-refractivity contribution in [3.8, 4) is 17.2 Å². The summed E-state index contributed by atoms with van der Waals surface area (Å²) < 4.78 is 5.29. The maximum absolute atomic E-state index is 11.2. The van der Waals surface area contributed by atoms with Gasteiger partial charge in [-0.1, -0.05) is 36.7 Å². The molecule has 0 bridgehead atoms. The molecule has 1 aliphatic rings. The number of halogens is 1. The maximum atomic E-state index is 11.2. The van der Waals surface area contributed by atoms with Crippen LogP contribution in [0, 0.1) is 30.6 Å². The summed E-state index contributed by atoms with van der Waals surface area (Å²) in [6, 6.07) is 7.97. The Bertz CT molecular complexity index is 1070. The topological polar surface area (TPSA) is 105 Å². The highest BCUT2D eigenvalue weighted by Crippen LogP contribution is 2.41. The molecule has 0 radical (unpaired) electrons. The number of carbonyl (C=O) groups is 1. The van der Waals surface area contributed by atoms with Crippen LogP contribution in [0.3, 0.4) is 0 Å². The molecule has 0 aliphatic carbocycles. The zero-order chi connectivity index (χ0) is 23.7. The van der Waals surface area contributed by atoms with Crippen LogP contribution in [0.5, 0.6) is 0 Å². The number of rotatable bonds is 5. The van der Waals surface area contributed by atoms with Gasteiger partial charge in [0.1, 0.15) is 11.7 Å². The van der Waals surface area contributed by atoms with Gasteiger partial charge in [-0.05, 0) is 57.9 Å². The molecule has 2 N–H and O–H groups in total. The fourth-order valence-electron chi connectivity index (χ4n) is 4.70. The minimum atomic E-state index is -0.752. The Morgan fingerprint density at radius 3 is 2.56 bits per heavy atom. The monoisotopic (exact) mass is 455 g/mol. The number of piperidine rings is 1. The predicted octanol–water partition coefficient (Wildman–Crippen LogP) is 5.16. The average molecular weight is 456 g/mol. The summed E-state index contributed by atoms with van der Waals surface area (Å²) in [5.41, 5.74) is 8.03. The smallest absolute Gasteiger partial charge is 0.405 e. The third kappa shape index (κ3) is 5.13. The number of nitriles is 1. The lowest BCUT2D eigenvalue weighted by Gasteiger charge is -2.43. The first kappa shape index (κ1) is 23.8. The Labute approximate surface area is 194 Å². The summed E-state index contributed by atoms with van der Waals surface area (Å²) >= 11 is 6.52. The highest BCUT2D eigenvalue weighted by atomic mass is 35.5. The number of amides is 1. The molecule has 2 aromatic rings. The standard InChI is InChI=1S/C24H30ClN5O2/c1-15-7-6-8-17(20(15)25)19-16(2)28-22(29-18(19)13-26)30-11-9-24(5,10-12-30)14-23(3,4)32-21(27)31/h6-8H,9-12,14H2,1-5H3,(H2,27,31). The third-order valence-corrected chi connectivity index (χ3v) is 6.63. The van der Waals surface area contributed by atoms with Crippen molar-refractivity contribution in [1.29, 1.82) is 5.26 Å². The van der Waals surface area contributed by atoms with Gasteiger partial charge in [-0.3, -0.25) is 0 Å². The number of nitrogens with zero attached hydrogens (tertiary/aromatic N) is 4. The molecule has 1 amide bonds. The van der Waals surface area contributed by atoms with Crippen LogP contribution >= 0.6 is 11.6 Å². The van der Waals surface area contributed by atoms with E-state index in [4.69, 9.17) is 27.1 Å². The van der Waals surface area contributed by atoms with E-state index in [2.05, 4.69) is 22.9 Å². The van der Waals surface area contributed by atoms with E-state index in [0.29, 0.717) is 28.6 Å². The molecule has 7 nitrogen and oxygen atoms in total. The minimum absolute atomic E-state index is 0.00240. The Hall–Kier alpha value is -2.85. The van der Waals surface area contributed by atoms with E-state index in [-0.39, 0.29) is 5.41 Å². The van der Waals surface area contributed by atoms with E-state index in [1.807, 2.05) is 45.9 Å². The Kier molecular flexibility index (Phi) is 6.66. The summed E-state index contributed by atoms with van der Waals surface area (Å²) in [6.45, 7) is 11.3. The summed E-state index contributed by atoms with van der Waals surface area (Å²) in [5.74, 6) is 0.557. The number of carbonyl (C=O) groups excluding carboxylic acids is 1. The largest absolute Gasteiger partial charge is 0.444 e. The molecule has 0 spiro atoms. The van der Waals surface area contributed by atoms with Crippen LogP contribution in [0.15, 0.2) is 18.2 Å². The molecular weight excluding hydrogens is 426 g/mol. The number of primary amides is 1. The van der Waals surface area contributed by atoms with Gasteiger partial charge < -0.3 is 15.4 Å². The first-order valence-corrected chi connectivity index (χ1v) is 11.1. The molecule has 1 aromatic carbocycles. The van der Waals surface area contributed by atoms with Crippen molar-refractivity contribution in [2.24, 2.45) is 11.1 Å². The van der Waals surface area contributed by atoms with Crippen molar-refractivity contribution in [2.75, 3.05) is 18.0 Å². The molecule has 2 heterocycles. The highest BCUT2D eigenvalue weighted by Gasteiger charge is 2.38. The van der Waals surface area contributed by atoms with Gasteiger partial charge in [-0.2, -0.15) is 5.26 Å². The minimum Gasteiger partial charge on any atom is -0.444 e. The van der Waals surface area contributed by atoms with Crippen LogP contribution in [0.1, 0.15) is 57.0 Å². The van der Waals surface area contributed by atoms with Crippen molar-refractivity contribution >= 4 is 23.6 Å². The first-order chi connectivity index (χ1) is 14.9. The molecular formula is C24H30ClN5O2. The number of hydrogen-bond donors (Lipinski definition) is 1. The van der Waals surface area contributed by atoms with E-state index >= 15 is 0 Å². The van der Waals surface area contributed by atoms with Gasteiger partial charge in [0, 0.05) is 24.2 Å². The normalized spacial score (nSPS) is 15.8. The van der Waals surface area contributed by atoms with Crippen molar-refractivity contribution in [2.45, 2.75) is 59.5 Å². The number of anilines is 1. The molecule has 3 rings (SSSR count). The Morgan fingerprint density at radius 2 is 1.97 bits per heavy atom. The molecule has 1 aromatic heterocycles. The van der Waals surface area contributed by atoms with Crippen molar-refractivity contribution in [1.82, 2.24) is 9.97 Å². The number of nitrogens with two attached hydrogens (primary N) is 1. The van der Waals surface area contributed by atoms with Crippen LogP contribution in [0.2, 0.25) is 5.02 Å². The third-order valence-electron chi connectivity index (χ3n) is 6.13. The number of hydrogen-bond acceptors (Lipinski definition) is 6. The van der Waals surface area contributed by atoms with E-state index in [1.165, 1.54) is 0 Å². The van der Waals surface area contributed by atoms with Crippen LogP contribution in [0.4, 0.5) is 10.7 Å². The van der Waals surface area contributed by atoms with Crippen LogP contribution in [-0.4, -0.2) is 34.8 Å². The fourth-order valence-corrected chi connectivity index (χ4v) is 4.92. The second-order valence-corrected chi connectivity index (χ2v) is 9.91. The average Bonchev–Trinajstić information content (AvgIpc) is 2.68. The zero-order valence-corrected chi connectivity index (χ0v) is 20.1. The predicted molar refractivity (Wildman–Crippen MR) is 126 cm³/mol. The van der Waals surface area contributed by atoms with Gasteiger partial charge in [-0.15, -0.1) is 0 Å². The molecule has 1 fully saturated rings. The summed E-state index contributed by atoms with van der Waals surface area (Å²) in [6.07, 6.45) is 1.73. The van der Waals surface area contributed by atoms with Gasteiger partial charge in [0.25, 0.3) is 0 Å². The Morgan fingerprint density at radius 1 is 1.31 bits per heavy atom. The number of benzene rings is 1. The van der Waals surface area contributed by atoms with Crippen molar-refractivity contribution < 1.29 is 9.53 Å². The number of aryl methyl sites for hydroxylation is 2. The van der Waals surface area contributed by atoms with E-state index in [9.17, 15) is 10.1 Å². The van der Waals surface area contributed by atoms with E-state index in [1.54, 1.807) is 0 Å². The second kappa shape index (κ2) is 8.95. The number of aromatic nitrogens is 2. The SMILES string of the molecule is Cc1cccc(-c2c(C)nc(N3CCC(C)(CC(C)(C)OC(N)=O)CC3)nc2C#N)c1Cl. The Balaban J connectivity index is 1.82. The first-order valence-electron chi connectivity index (χ1n) is 10.7. The molecule has 0 atom stereocenters. The van der Waals surface area contributed by atoms with Gasteiger partial charge in [0.05, 0.1) is 10.7 Å². The van der Waals surface area contributed by atoms with Crippen LogP contribution in [0.25, 0.3) is 11.1 Å². The maximum Gasteiger partial charge on any atom is 0.405 e. The lowest BCUT2D eigenvalue weighted by Crippen LogP contribution is -2.44. The van der Waals surface area contributed by atoms with Gasteiger partial charge in [0.15, 0.2) is 5.69 Å². The molecule has 1 aliphatic heterocycles. The molecule has 8 heteroatoms.